The molecule has 1 heterocycles. The number of esters is 1. The number of ether oxygens (including phenoxy) is 4. The third-order valence-corrected chi connectivity index (χ3v) is 5.91. The van der Waals surface area contributed by atoms with Gasteiger partial charge in [0.1, 0.15) is 29.6 Å². The molecule has 0 aliphatic carbocycles. The average Bonchev–Trinajstić information content (AvgIpc) is 3.34. The standard InChI is InChI=1S/C30H30N2O7/c1-21-26(31-29(38-21)22-9-5-4-6-10-22)17-18-37-27-12-8-7-11-23(27)19-32(20-28(33)36-3)30(34)39-25-15-13-24(35-2)14-16-25/h4-16H,17-20H2,1-3H3. The summed E-state index contributed by atoms with van der Waals surface area (Å²) in [5.41, 5.74) is 2.42. The van der Waals surface area contributed by atoms with Crippen molar-refractivity contribution in [3.05, 3.63) is 95.9 Å². The molecule has 202 valence electrons. The number of oxazole rings is 1. The summed E-state index contributed by atoms with van der Waals surface area (Å²) in [7, 11) is 2.81. The van der Waals surface area contributed by atoms with Crippen LogP contribution in [0.3, 0.4) is 0 Å². The van der Waals surface area contributed by atoms with Gasteiger partial charge < -0.3 is 23.4 Å². The van der Waals surface area contributed by atoms with Crippen molar-refractivity contribution in [1.82, 2.24) is 9.88 Å². The molecule has 3 aromatic carbocycles. The third kappa shape index (κ3) is 7.38. The molecule has 4 aromatic rings. The monoisotopic (exact) mass is 530 g/mol. The molecular formula is C30H30N2O7. The fraction of sp³-hybridized carbons (Fsp3) is 0.233. The Morgan fingerprint density at radius 2 is 1.59 bits per heavy atom. The van der Waals surface area contributed by atoms with E-state index in [4.69, 9.17) is 23.4 Å². The predicted octanol–water partition coefficient (Wildman–Crippen LogP) is 5.45. The van der Waals surface area contributed by atoms with Gasteiger partial charge in [0.25, 0.3) is 0 Å². The molecule has 1 amide bonds. The quantitative estimate of drug-likeness (QED) is 0.236. The lowest BCUT2D eigenvalue weighted by molar-refractivity contribution is -0.141. The number of benzene rings is 3. The summed E-state index contributed by atoms with van der Waals surface area (Å²) in [6.07, 6.45) is -0.172. The maximum atomic E-state index is 13.0. The van der Waals surface area contributed by atoms with E-state index in [1.807, 2.05) is 61.5 Å². The maximum absolute atomic E-state index is 13.0. The highest BCUT2D eigenvalue weighted by atomic mass is 16.6. The lowest BCUT2D eigenvalue weighted by Crippen LogP contribution is -2.37. The molecular weight excluding hydrogens is 500 g/mol. The van der Waals surface area contributed by atoms with Gasteiger partial charge in [0.2, 0.25) is 5.89 Å². The second-order valence-electron chi connectivity index (χ2n) is 8.57. The SMILES string of the molecule is COC(=O)CN(Cc1ccccc1OCCc1nc(-c2ccccc2)oc1C)C(=O)Oc1ccc(OC)cc1. The lowest BCUT2D eigenvalue weighted by atomic mass is 10.2. The van der Waals surface area contributed by atoms with E-state index >= 15 is 0 Å². The first-order valence-corrected chi connectivity index (χ1v) is 12.4. The van der Waals surface area contributed by atoms with Crippen molar-refractivity contribution >= 4 is 12.1 Å². The topological polar surface area (TPSA) is 100 Å². The van der Waals surface area contributed by atoms with Gasteiger partial charge in [0, 0.05) is 17.5 Å². The van der Waals surface area contributed by atoms with Crippen LogP contribution in [-0.4, -0.2) is 49.3 Å². The summed E-state index contributed by atoms with van der Waals surface area (Å²) in [5.74, 6) is 2.25. The Kier molecular flexibility index (Phi) is 9.18. The molecule has 0 unspecified atom stereocenters. The molecule has 9 heteroatoms. The molecule has 0 aliphatic heterocycles. The van der Waals surface area contributed by atoms with Crippen LogP contribution in [0.4, 0.5) is 4.79 Å². The Balaban J connectivity index is 1.43. The first-order valence-electron chi connectivity index (χ1n) is 12.4. The molecule has 0 fully saturated rings. The van der Waals surface area contributed by atoms with Crippen molar-refractivity contribution in [2.75, 3.05) is 27.4 Å². The van der Waals surface area contributed by atoms with Crippen LogP contribution in [-0.2, 0) is 22.5 Å². The molecule has 0 saturated heterocycles. The highest BCUT2D eigenvalue weighted by molar-refractivity contribution is 5.79. The van der Waals surface area contributed by atoms with Gasteiger partial charge in [0.15, 0.2) is 0 Å². The second kappa shape index (κ2) is 13.1. The smallest absolute Gasteiger partial charge is 0.416 e. The van der Waals surface area contributed by atoms with Crippen LogP contribution < -0.4 is 14.2 Å². The molecule has 0 N–H and O–H groups in total. The molecule has 0 bridgehead atoms. The summed E-state index contributed by atoms with van der Waals surface area (Å²) in [6.45, 7) is 2.00. The fourth-order valence-electron chi connectivity index (χ4n) is 3.82. The van der Waals surface area contributed by atoms with Crippen molar-refractivity contribution in [2.45, 2.75) is 19.9 Å². The molecule has 0 atom stereocenters. The fourth-order valence-corrected chi connectivity index (χ4v) is 3.82. The minimum absolute atomic E-state index is 0.0708. The molecule has 0 aliphatic rings. The minimum atomic E-state index is -0.702. The molecule has 0 saturated carbocycles. The van der Waals surface area contributed by atoms with Gasteiger partial charge in [-0.2, -0.15) is 0 Å². The molecule has 9 nitrogen and oxygen atoms in total. The molecule has 39 heavy (non-hydrogen) atoms. The highest BCUT2D eigenvalue weighted by Crippen LogP contribution is 2.24. The molecule has 1 aromatic heterocycles. The van der Waals surface area contributed by atoms with E-state index < -0.39 is 12.1 Å². The number of amides is 1. The van der Waals surface area contributed by atoms with E-state index in [2.05, 4.69) is 4.98 Å². The van der Waals surface area contributed by atoms with Gasteiger partial charge >= 0.3 is 12.1 Å². The Bertz CT molecular complexity index is 1380. The lowest BCUT2D eigenvalue weighted by Gasteiger charge is -2.22. The second-order valence-corrected chi connectivity index (χ2v) is 8.57. The van der Waals surface area contributed by atoms with Gasteiger partial charge in [-0.1, -0.05) is 36.4 Å². The van der Waals surface area contributed by atoms with Crippen molar-refractivity contribution < 1.29 is 33.0 Å². The molecule has 0 radical (unpaired) electrons. The molecule has 0 spiro atoms. The normalized spacial score (nSPS) is 10.5. The van der Waals surface area contributed by atoms with E-state index in [1.54, 1.807) is 31.4 Å². The van der Waals surface area contributed by atoms with Gasteiger partial charge in [-0.15, -0.1) is 0 Å². The number of rotatable bonds is 11. The van der Waals surface area contributed by atoms with Crippen molar-refractivity contribution in [3.63, 3.8) is 0 Å². The van der Waals surface area contributed by atoms with E-state index in [0.29, 0.717) is 41.7 Å². The number of hydrogen-bond acceptors (Lipinski definition) is 8. The van der Waals surface area contributed by atoms with Crippen molar-refractivity contribution in [3.8, 4) is 28.7 Å². The van der Waals surface area contributed by atoms with E-state index in [-0.39, 0.29) is 13.1 Å². The van der Waals surface area contributed by atoms with Crippen LogP contribution in [0, 0.1) is 6.92 Å². The highest BCUT2D eigenvalue weighted by Gasteiger charge is 2.22. The number of para-hydroxylation sites is 1. The first-order chi connectivity index (χ1) is 19.0. The summed E-state index contributed by atoms with van der Waals surface area (Å²) in [5, 5.41) is 0. The number of methoxy groups -OCH3 is 2. The Hall–Kier alpha value is -4.79. The number of aromatic nitrogens is 1. The predicted molar refractivity (Wildman–Crippen MR) is 144 cm³/mol. The zero-order chi connectivity index (χ0) is 27.6. The van der Waals surface area contributed by atoms with Crippen LogP contribution in [0.2, 0.25) is 0 Å². The summed E-state index contributed by atoms with van der Waals surface area (Å²) < 4.78 is 27.3. The Morgan fingerprint density at radius 3 is 2.31 bits per heavy atom. The Morgan fingerprint density at radius 1 is 0.897 bits per heavy atom. The summed E-state index contributed by atoms with van der Waals surface area (Å²) in [6, 6.07) is 23.6. The number of carbonyl (C=O) groups excluding carboxylic acids is 2. The van der Waals surface area contributed by atoms with Gasteiger partial charge in [0.05, 0.1) is 33.1 Å². The Labute approximate surface area is 226 Å². The van der Waals surface area contributed by atoms with Crippen LogP contribution in [0.15, 0.2) is 83.3 Å². The molecule has 4 rings (SSSR count). The van der Waals surface area contributed by atoms with Crippen LogP contribution in [0.25, 0.3) is 11.5 Å². The van der Waals surface area contributed by atoms with E-state index in [1.165, 1.54) is 12.0 Å². The van der Waals surface area contributed by atoms with E-state index in [0.717, 1.165) is 17.0 Å². The largest absolute Gasteiger partial charge is 0.497 e. The zero-order valence-electron chi connectivity index (χ0n) is 22.1. The average molecular weight is 531 g/mol. The number of carbonyl (C=O) groups is 2. The van der Waals surface area contributed by atoms with Crippen molar-refractivity contribution in [1.29, 1.82) is 0 Å². The number of aryl methyl sites for hydroxylation is 1. The zero-order valence-corrected chi connectivity index (χ0v) is 22.1. The summed E-state index contributed by atoms with van der Waals surface area (Å²) in [4.78, 5) is 30.9. The number of nitrogens with zero attached hydrogens (tertiary/aromatic N) is 2. The number of hydrogen-bond donors (Lipinski definition) is 0. The third-order valence-electron chi connectivity index (χ3n) is 5.91. The van der Waals surface area contributed by atoms with Crippen LogP contribution in [0.5, 0.6) is 17.2 Å². The maximum Gasteiger partial charge on any atom is 0.416 e. The minimum Gasteiger partial charge on any atom is -0.497 e. The van der Waals surface area contributed by atoms with Crippen LogP contribution >= 0.6 is 0 Å². The van der Waals surface area contributed by atoms with Crippen molar-refractivity contribution in [2.24, 2.45) is 0 Å². The van der Waals surface area contributed by atoms with Gasteiger partial charge in [-0.25, -0.2) is 9.78 Å². The van der Waals surface area contributed by atoms with E-state index in [9.17, 15) is 9.59 Å². The summed E-state index contributed by atoms with van der Waals surface area (Å²) >= 11 is 0. The first kappa shape index (κ1) is 27.3. The van der Waals surface area contributed by atoms with Crippen LogP contribution in [0.1, 0.15) is 17.0 Å². The van der Waals surface area contributed by atoms with Gasteiger partial charge in [-0.05, 0) is 49.4 Å². The van der Waals surface area contributed by atoms with Gasteiger partial charge in [-0.3, -0.25) is 9.69 Å².